The number of carboxylic acids is 1. The predicted octanol–water partition coefficient (Wildman–Crippen LogP) is 1.04. The third-order valence-corrected chi connectivity index (χ3v) is 4.04. The highest BCUT2D eigenvalue weighted by molar-refractivity contribution is 9.10. The van der Waals surface area contributed by atoms with Crippen LogP contribution in [0.4, 0.5) is 0 Å². The Kier molecular flexibility index (Phi) is 4.34. The van der Waals surface area contributed by atoms with E-state index in [0.717, 1.165) is 6.07 Å². The SMILES string of the molecule is C#CCCNS(=O)(=O)c1cc(C(=O)O)oc1Br. The summed E-state index contributed by atoms with van der Waals surface area (Å²) < 4.78 is 30.2. The van der Waals surface area contributed by atoms with Crippen LogP contribution in [0, 0.1) is 12.3 Å². The van der Waals surface area contributed by atoms with Crippen LogP contribution in [0.3, 0.4) is 0 Å². The summed E-state index contributed by atoms with van der Waals surface area (Å²) in [6.07, 6.45) is 5.22. The lowest BCUT2D eigenvalue weighted by Crippen LogP contribution is -2.24. The van der Waals surface area contributed by atoms with E-state index in [1.165, 1.54) is 0 Å². The number of nitrogens with one attached hydrogen (secondary N) is 1. The fourth-order valence-electron chi connectivity index (χ4n) is 0.976. The van der Waals surface area contributed by atoms with Crippen molar-refractivity contribution in [1.82, 2.24) is 4.72 Å². The van der Waals surface area contributed by atoms with Crippen molar-refractivity contribution in [2.45, 2.75) is 11.3 Å². The average Bonchev–Trinajstić information content (AvgIpc) is 2.61. The van der Waals surface area contributed by atoms with Gasteiger partial charge in [0, 0.05) is 19.0 Å². The monoisotopic (exact) mass is 321 g/mol. The summed E-state index contributed by atoms with van der Waals surface area (Å²) in [5.74, 6) is 0.459. The van der Waals surface area contributed by atoms with Gasteiger partial charge in [0.25, 0.3) is 0 Å². The van der Waals surface area contributed by atoms with Crippen molar-refractivity contribution < 1.29 is 22.7 Å². The van der Waals surface area contributed by atoms with E-state index >= 15 is 0 Å². The van der Waals surface area contributed by atoms with Gasteiger partial charge in [0.15, 0.2) is 4.67 Å². The molecule has 0 aromatic carbocycles. The van der Waals surface area contributed by atoms with Crippen LogP contribution in [0.2, 0.25) is 0 Å². The molecule has 6 nitrogen and oxygen atoms in total. The van der Waals surface area contributed by atoms with E-state index in [0.29, 0.717) is 0 Å². The molecule has 8 heteroatoms. The minimum absolute atomic E-state index is 0.0683. The van der Waals surface area contributed by atoms with Gasteiger partial charge in [-0.25, -0.2) is 17.9 Å². The Labute approximate surface area is 106 Å². The molecule has 1 heterocycles. The molecule has 0 saturated heterocycles. The van der Waals surface area contributed by atoms with Gasteiger partial charge in [0.1, 0.15) is 4.90 Å². The first-order valence-corrected chi connectivity index (χ1v) is 6.62. The van der Waals surface area contributed by atoms with E-state index in [1.54, 1.807) is 0 Å². The summed E-state index contributed by atoms with van der Waals surface area (Å²) in [4.78, 5) is 10.3. The van der Waals surface area contributed by atoms with Gasteiger partial charge in [0.2, 0.25) is 15.8 Å². The van der Waals surface area contributed by atoms with Crippen LogP contribution in [0.1, 0.15) is 17.0 Å². The van der Waals surface area contributed by atoms with Crippen LogP contribution in [-0.2, 0) is 10.0 Å². The van der Waals surface area contributed by atoms with Gasteiger partial charge < -0.3 is 9.52 Å². The number of terminal acetylenes is 1. The number of aromatic carboxylic acids is 1. The molecule has 2 N–H and O–H groups in total. The summed E-state index contributed by atoms with van der Waals surface area (Å²) >= 11 is 2.84. The summed E-state index contributed by atoms with van der Waals surface area (Å²) in [6.45, 7) is 0.0683. The van der Waals surface area contributed by atoms with E-state index in [-0.39, 0.29) is 22.5 Å². The summed E-state index contributed by atoms with van der Waals surface area (Å²) in [7, 11) is -3.83. The van der Waals surface area contributed by atoms with Gasteiger partial charge in [-0.2, -0.15) is 0 Å². The Bertz CT molecular complexity index is 569. The zero-order valence-electron chi connectivity index (χ0n) is 8.44. The molecule has 17 heavy (non-hydrogen) atoms. The lowest BCUT2D eigenvalue weighted by Gasteiger charge is -2.01. The zero-order chi connectivity index (χ0) is 13.1. The molecule has 0 atom stereocenters. The Morgan fingerprint density at radius 3 is 2.76 bits per heavy atom. The van der Waals surface area contributed by atoms with E-state index in [1.807, 2.05) is 0 Å². The van der Waals surface area contributed by atoms with Gasteiger partial charge in [-0.15, -0.1) is 12.3 Å². The number of carboxylic acid groups (broad SMARTS) is 1. The maximum atomic E-state index is 11.7. The molecule has 0 radical (unpaired) electrons. The molecular weight excluding hydrogens is 314 g/mol. The molecule has 0 aliphatic rings. The lowest BCUT2D eigenvalue weighted by atomic mass is 10.5. The van der Waals surface area contributed by atoms with Crippen LogP contribution in [-0.4, -0.2) is 26.0 Å². The van der Waals surface area contributed by atoms with E-state index in [2.05, 4.69) is 26.6 Å². The normalized spacial score (nSPS) is 11.1. The number of rotatable bonds is 5. The van der Waals surface area contributed by atoms with Crippen molar-refractivity contribution in [3.05, 3.63) is 16.5 Å². The maximum absolute atomic E-state index is 11.7. The van der Waals surface area contributed by atoms with Crippen LogP contribution in [0.15, 0.2) is 20.0 Å². The molecule has 1 aromatic heterocycles. The van der Waals surface area contributed by atoms with Gasteiger partial charge in [-0.05, 0) is 15.9 Å². The largest absolute Gasteiger partial charge is 0.475 e. The third-order valence-electron chi connectivity index (χ3n) is 1.72. The summed E-state index contributed by atoms with van der Waals surface area (Å²) in [5.41, 5.74) is 0. The van der Waals surface area contributed by atoms with Crippen molar-refractivity contribution >= 4 is 31.9 Å². The molecule has 0 amide bonds. The van der Waals surface area contributed by atoms with Gasteiger partial charge in [-0.1, -0.05) is 0 Å². The summed E-state index contributed by atoms with van der Waals surface area (Å²) in [6, 6.07) is 0.921. The highest BCUT2D eigenvalue weighted by Gasteiger charge is 2.24. The Morgan fingerprint density at radius 2 is 2.29 bits per heavy atom. The second-order valence-electron chi connectivity index (χ2n) is 2.91. The van der Waals surface area contributed by atoms with E-state index in [9.17, 15) is 13.2 Å². The van der Waals surface area contributed by atoms with Crippen molar-refractivity contribution in [3.63, 3.8) is 0 Å². The lowest BCUT2D eigenvalue weighted by molar-refractivity contribution is 0.0661. The third kappa shape index (κ3) is 3.33. The fourth-order valence-corrected chi connectivity index (χ4v) is 2.95. The number of halogens is 1. The van der Waals surface area contributed by atoms with Crippen molar-refractivity contribution in [1.29, 1.82) is 0 Å². The molecule has 0 bridgehead atoms. The molecule has 0 spiro atoms. The number of furan rings is 1. The molecule has 0 aliphatic carbocycles. The first-order valence-electron chi connectivity index (χ1n) is 4.34. The standard InChI is InChI=1S/C9H8BrNO5S/c1-2-3-4-11-17(14,15)7-5-6(9(12)13)16-8(7)10/h1,5,11H,3-4H2,(H,12,13). The summed E-state index contributed by atoms with van der Waals surface area (Å²) in [5, 5.41) is 8.65. The predicted molar refractivity (Wildman–Crippen MR) is 62.0 cm³/mol. The first kappa shape index (κ1) is 13.8. The van der Waals surface area contributed by atoms with Crippen LogP contribution in [0.5, 0.6) is 0 Å². The van der Waals surface area contributed by atoms with Gasteiger partial charge in [0.05, 0.1) is 0 Å². The smallest absolute Gasteiger partial charge is 0.371 e. The van der Waals surface area contributed by atoms with Crippen LogP contribution >= 0.6 is 15.9 Å². The highest BCUT2D eigenvalue weighted by Crippen LogP contribution is 2.25. The second-order valence-corrected chi connectivity index (χ2v) is 5.36. The van der Waals surface area contributed by atoms with Crippen molar-refractivity contribution in [3.8, 4) is 12.3 Å². The molecule has 1 aromatic rings. The van der Waals surface area contributed by atoms with Gasteiger partial charge >= 0.3 is 5.97 Å². The quantitative estimate of drug-likeness (QED) is 0.624. The van der Waals surface area contributed by atoms with Crippen molar-refractivity contribution in [2.75, 3.05) is 6.54 Å². The minimum atomic E-state index is -3.83. The van der Waals surface area contributed by atoms with Crippen molar-refractivity contribution in [2.24, 2.45) is 0 Å². The molecule has 1 rings (SSSR count). The Hall–Kier alpha value is -1.30. The molecule has 0 fully saturated rings. The molecule has 0 aliphatic heterocycles. The minimum Gasteiger partial charge on any atom is -0.475 e. The number of hydrogen-bond donors (Lipinski definition) is 2. The molecule has 92 valence electrons. The molecule has 0 saturated carbocycles. The first-order chi connectivity index (χ1) is 7.88. The maximum Gasteiger partial charge on any atom is 0.371 e. The number of carbonyl (C=O) groups is 1. The zero-order valence-corrected chi connectivity index (χ0v) is 10.8. The number of sulfonamides is 1. The highest BCUT2D eigenvalue weighted by atomic mass is 79.9. The van der Waals surface area contributed by atoms with E-state index in [4.69, 9.17) is 15.9 Å². The van der Waals surface area contributed by atoms with Crippen LogP contribution < -0.4 is 4.72 Å². The Morgan fingerprint density at radius 1 is 1.65 bits per heavy atom. The van der Waals surface area contributed by atoms with Gasteiger partial charge in [-0.3, -0.25) is 0 Å². The second kappa shape index (κ2) is 5.35. The number of hydrogen-bond acceptors (Lipinski definition) is 4. The van der Waals surface area contributed by atoms with Crippen LogP contribution in [0.25, 0.3) is 0 Å². The molecular formula is C9H8BrNO5S. The molecule has 0 unspecified atom stereocenters. The topological polar surface area (TPSA) is 96.6 Å². The average molecular weight is 322 g/mol. The fraction of sp³-hybridized carbons (Fsp3) is 0.222. The van der Waals surface area contributed by atoms with E-state index < -0.39 is 21.8 Å². The Balaban J connectivity index is 2.99.